The number of rotatable bonds is 35. The average molecular weight is 661 g/mol. The molecule has 268 valence electrons. The number of hydrogen-bond donors (Lipinski definition) is 2. The van der Waals surface area contributed by atoms with Crippen molar-refractivity contribution in [3.8, 4) is 0 Å². The van der Waals surface area contributed by atoms with E-state index in [1.807, 2.05) is 0 Å². The van der Waals surface area contributed by atoms with Crippen molar-refractivity contribution in [3.63, 3.8) is 0 Å². The minimum absolute atomic E-state index is 0.0528. The van der Waals surface area contributed by atoms with Crippen molar-refractivity contribution in [3.05, 3.63) is 0 Å². The Morgan fingerprint density at radius 1 is 0.511 bits per heavy atom. The first-order valence-corrected chi connectivity index (χ1v) is 21.0. The Morgan fingerprint density at radius 3 is 1.20 bits per heavy atom. The van der Waals surface area contributed by atoms with Gasteiger partial charge in [0.1, 0.15) is 12.7 Å². The second kappa shape index (κ2) is 33.0. The molecule has 0 aliphatic heterocycles. The molecule has 0 amide bonds. The number of ether oxygens (including phenoxy) is 2. The van der Waals surface area contributed by atoms with E-state index in [0.717, 1.165) is 38.5 Å². The van der Waals surface area contributed by atoms with Gasteiger partial charge in [-0.1, -0.05) is 168 Å². The molecule has 0 rings (SSSR count). The number of esters is 2. The molecule has 2 N–H and O–H groups in total. The Balaban J connectivity index is 4.00. The molecular weight excluding hydrogens is 587 g/mol. The third-order valence-corrected chi connectivity index (χ3v) is 9.57. The van der Waals surface area contributed by atoms with Crippen LogP contribution < -0.4 is 0 Å². The van der Waals surface area contributed by atoms with Crippen molar-refractivity contribution in [1.29, 1.82) is 0 Å². The van der Waals surface area contributed by atoms with Crippen molar-refractivity contribution >= 4 is 19.5 Å². The van der Waals surface area contributed by atoms with Gasteiger partial charge in [0.15, 0.2) is 0 Å². The highest BCUT2D eigenvalue weighted by atomic mass is 31.2. The van der Waals surface area contributed by atoms with Crippen molar-refractivity contribution in [2.45, 2.75) is 213 Å². The first-order valence-electron chi connectivity index (χ1n) is 19.2. The van der Waals surface area contributed by atoms with Crippen LogP contribution in [0.5, 0.6) is 0 Å². The largest absolute Gasteiger partial charge is 0.462 e. The van der Waals surface area contributed by atoms with E-state index in [9.17, 15) is 23.9 Å². The third-order valence-electron chi connectivity index (χ3n) is 8.67. The van der Waals surface area contributed by atoms with E-state index in [4.69, 9.17) is 9.47 Å². The summed E-state index contributed by atoms with van der Waals surface area (Å²) in [5.41, 5.74) is 0. The van der Waals surface area contributed by atoms with E-state index in [0.29, 0.717) is 12.8 Å². The fraction of sp³-hybridized carbons (Fsp3) is 0.946. The van der Waals surface area contributed by atoms with Crippen LogP contribution in [0.25, 0.3) is 0 Å². The first kappa shape index (κ1) is 44.1. The molecule has 0 saturated carbocycles. The maximum absolute atomic E-state index is 12.5. The summed E-state index contributed by atoms with van der Waals surface area (Å²) in [6.07, 6.45) is 32.4. The summed E-state index contributed by atoms with van der Waals surface area (Å²) >= 11 is 0. The number of carbonyl (C=O) groups excluding carboxylic acids is 2. The third kappa shape index (κ3) is 35.8. The van der Waals surface area contributed by atoms with Gasteiger partial charge in [0, 0.05) is 19.0 Å². The molecule has 0 heterocycles. The molecule has 0 bridgehead atoms. The maximum Gasteiger partial charge on any atom is 0.325 e. The summed E-state index contributed by atoms with van der Waals surface area (Å²) in [7, 11) is -4.12. The van der Waals surface area contributed by atoms with Gasteiger partial charge in [0.2, 0.25) is 0 Å². The standard InChI is InChI=1S/C37H73O7P/c1-3-5-7-9-11-13-15-17-19-21-23-25-27-31-36(38)43-34-35(30-29-33-45(40,41)42)44-37(39)32-28-26-24-22-20-18-16-14-12-10-8-6-4-2/h35H,3-34H2,1-2H3,(H2,40,41,42)/t35-/m1/s1. The Hall–Kier alpha value is -0.910. The van der Waals surface area contributed by atoms with Crippen molar-refractivity contribution < 1.29 is 33.4 Å². The van der Waals surface area contributed by atoms with Gasteiger partial charge in [-0.15, -0.1) is 0 Å². The molecule has 0 aromatic carbocycles. The molecule has 0 aromatic rings. The molecule has 0 aliphatic carbocycles. The first-order chi connectivity index (χ1) is 21.8. The molecule has 0 saturated heterocycles. The normalized spacial score (nSPS) is 12.4. The highest BCUT2D eigenvalue weighted by Gasteiger charge is 2.20. The van der Waals surface area contributed by atoms with Gasteiger partial charge in [-0.3, -0.25) is 14.2 Å². The van der Waals surface area contributed by atoms with Crippen LogP contribution in [0.15, 0.2) is 0 Å². The summed E-state index contributed by atoms with van der Waals surface area (Å²) in [4.78, 5) is 43.1. The minimum atomic E-state index is -4.12. The fourth-order valence-electron chi connectivity index (χ4n) is 5.78. The van der Waals surface area contributed by atoms with Crippen LogP contribution in [0.3, 0.4) is 0 Å². The van der Waals surface area contributed by atoms with Crippen molar-refractivity contribution in [2.75, 3.05) is 12.8 Å². The SMILES string of the molecule is CCCCCCCCCCCCCCCC(=O)OC[C@@H](CCCP(=O)(O)O)OC(=O)CCCCCCCCCCCCCCC. The van der Waals surface area contributed by atoms with Gasteiger partial charge < -0.3 is 19.3 Å². The molecule has 45 heavy (non-hydrogen) atoms. The summed E-state index contributed by atoms with van der Waals surface area (Å²) in [6, 6.07) is 0. The van der Waals surface area contributed by atoms with Crippen molar-refractivity contribution in [1.82, 2.24) is 0 Å². The second-order valence-corrected chi connectivity index (χ2v) is 15.1. The van der Waals surface area contributed by atoms with Gasteiger partial charge >= 0.3 is 19.5 Å². The zero-order valence-electron chi connectivity index (χ0n) is 29.6. The van der Waals surface area contributed by atoms with Crippen LogP contribution in [0.4, 0.5) is 0 Å². The predicted molar refractivity (Wildman–Crippen MR) is 188 cm³/mol. The van der Waals surface area contributed by atoms with Crippen LogP contribution in [0, 0.1) is 0 Å². The summed E-state index contributed by atoms with van der Waals surface area (Å²) in [5, 5.41) is 0. The lowest BCUT2D eigenvalue weighted by Crippen LogP contribution is -2.25. The lowest BCUT2D eigenvalue weighted by atomic mass is 10.0. The predicted octanol–water partition coefficient (Wildman–Crippen LogP) is 11.4. The highest BCUT2D eigenvalue weighted by Crippen LogP contribution is 2.35. The Labute approximate surface area is 277 Å². The lowest BCUT2D eigenvalue weighted by molar-refractivity contribution is -0.159. The Kier molecular flexibility index (Phi) is 32.3. The van der Waals surface area contributed by atoms with E-state index in [2.05, 4.69) is 13.8 Å². The van der Waals surface area contributed by atoms with Gasteiger partial charge in [-0.2, -0.15) is 0 Å². The molecule has 1 atom stereocenters. The number of hydrogen-bond acceptors (Lipinski definition) is 5. The van der Waals surface area contributed by atoms with Crippen LogP contribution in [0.2, 0.25) is 0 Å². The molecule has 0 fully saturated rings. The van der Waals surface area contributed by atoms with E-state index >= 15 is 0 Å². The quantitative estimate of drug-likeness (QED) is 0.0395. The molecule has 7 nitrogen and oxygen atoms in total. The van der Waals surface area contributed by atoms with E-state index in [-0.39, 0.29) is 37.5 Å². The Bertz CT molecular complexity index is 709. The smallest absolute Gasteiger partial charge is 0.325 e. The van der Waals surface area contributed by atoms with Crippen LogP contribution in [-0.4, -0.2) is 40.6 Å². The molecule has 0 aromatic heterocycles. The topological polar surface area (TPSA) is 110 Å². The van der Waals surface area contributed by atoms with Crippen LogP contribution in [-0.2, 0) is 23.6 Å². The number of carbonyl (C=O) groups is 2. The monoisotopic (exact) mass is 661 g/mol. The minimum Gasteiger partial charge on any atom is -0.462 e. The maximum atomic E-state index is 12.5. The lowest BCUT2D eigenvalue weighted by Gasteiger charge is -2.18. The van der Waals surface area contributed by atoms with Gasteiger partial charge in [-0.25, -0.2) is 0 Å². The molecular formula is C37H73O7P. The second-order valence-electron chi connectivity index (χ2n) is 13.3. The highest BCUT2D eigenvalue weighted by molar-refractivity contribution is 7.51. The summed E-state index contributed by atoms with van der Waals surface area (Å²) < 4.78 is 22.2. The van der Waals surface area contributed by atoms with E-state index < -0.39 is 13.7 Å². The summed E-state index contributed by atoms with van der Waals surface area (Å²) in [6.45, 7) is 4.45. The van der Waals surface area contributed by atoms with E-state index in [1.54, 1.807) is 0 Å². The van der Waals surface area contributed by atoms with Crippen LogP contribution in [0.1, 0.15) is 206 Å². The Morgan fingerprint density at radius 2 is 0.844 bits per heavy atom. The molecule has 0 aliphatic rings. The fourth-order valence-corrected chi connectivity index (χ4v) is 6.37. The van der Waals surface area contributed by atoms with Gasteiger partial charge in [0.05, 0.1) is 0 Å². The van der Waals surface area contributed by atoms with Gasteiger partial charge in [0.25, 0.3) is 0 Å². The molecule has 0 unspecified atom stereocenters. The average Bonchev–Trinajstić information content (AvgIpc) is 2.99. The molecule has 0 spiro atoms. The van der Waals surface area contributed by atoms with E-state index in [1.165, 1.54) is 128 Å². The summed E-state index contributed by atoms with van der Waals surface area (Å²) in [5.74, 6) is -0.627. The zero-order chi connectivity index (χ0) is 33.3. The molecule has 0 radical (unpaired) electrons. The molecule has 8 heteroatoms. The van der Waals surface area contributed by atoms with Gasteiger partial charge in [-0.05, 0) is 25.7 Å². The van der Waals surface area contributed by atoms with Crippen LogP contribution >= 0.6 is 7.60 Å². The zero-order valence-corrected chi connectivity index (χ0v) is 30.5. The van der Waals surface area contributed by atoms with Crippen molar-refractivity contribution in [2.24, 2.45) is 0 Å². The number of unbranched alkanes of at least 4 members (excludes halogenated alkanes) is 24.